The first-order valence-corrected chi connectivity index (χ1v) is 6.05. The fraction of sp³-hybridized carbons (Fsp3) is 0.615. The van der Waals surface area contributed by atoms with E-state index in [4.69, 9.17) is 5.73 Å². The predicted molar refractivity (Wildman–Crippen MR) is 70.6 cm³/mol. The fourth-order valence-electron chi connectivity index (χ4n) is 2.98. The maximum absolute atomic E-state index is 11.3. The summed E-state index contributed by atoms with van der Waals surface area (Å²) in [5.74, 6) is -0.580. The van der Waals surface area contributed by atoms with Crippen molar-refractivity contribution in [3.05, 3.63) is 33.0 Å². The zero-order valence-corrected chi connectivity index (χ0v) is 11.7. The summed E-state index contributed by atoms with van der Waals surface area (Å²) in [4.78, 5) is 22.2. The van der Waals surface area contributed by atoms with Crippen molar-refractivity contribution in [1.29, 1.82) is 0 Å². The molecule has 1 aliphatic rings. The lowest BCUT2D eigenvalue weighted by Crippen LogP contribution is -2.37. The average molecular weight is 268 g/mol. The number of hydrogen-bond acceptors (Lipinski definition) is 4. The SMILES string of the molecule is CC1=C([N+](=O)[O-])C(C)(CC(C)(C)O)CC(C(N)=O)=C1. The first-order valence-electron chi connectivity index (χ1n) is 6.05. The zero-order valence-electron chi connectivity index (χ0n) is 11.7. The molecule has 1 rings (SSSR count). The number of nitrogens with zero attached hydrogens (tertiary/aromatic N) is 1. The molecular weight excluding hydrogens is 248 g/mol. The third-order valence-corrected chi connectivity index (χ3v) is 3.24. The van der Waals surface area contributed by atoms with Crippen LogP contribution in [0, 0.1) is 15.5 Å². The van der Waals surface area contributed by atoms with Crippen molar-refractivity contribution in [2.45, 2.75) is 46.1 Å². The van der Waals surface area contributed by atoms with Crippen LogP contribution in [0.3, 0.4) is 0 Å². The molecule has 1 aliphatic carbocycles. The highest BCUT2D eigenvalue weighted by Crippen LogP contribution is 2.45. The lowest BCUT2D eigenvalue weighted by molar-refractivity contribution is -0.443. The average Bonchev–Trinajstić information content (AvgIpc) is 2.10. The number of allylic oxidation sites excluding steroid dienone is 3. The van der Waals surface area contributed by atoms with Crippen LogP contribution in [0.2, 0.25) is 0 Å². The van der Waals surface area contributed by atoms with E-state index in [2.05, 4.69) is 0 Å². The molecule has 19 heavy (non-hydrogen) atoms. The number of aliphatic hydroxyl groups is 1. The number of nitro groups is 1. The Morgan fingerprint density at radius 1 is 1.63 bits per heavy atom. The van der Waals surface area contributed by atoms with E-state index in [1.165, 1.54) is 6.08 Å². The second kappa shape index (κ2) is 4.77. The van der Waals surface area contributed by atoms with Crippen molar-refractivity contribution >= 4 is 5.91 Å². The van der Waals surface area contributed by atoms with E-state index in [9.17, 15) is 20.0 Å². The molecule has 1 unspecified atom stereocenters. The van der Waals surface area contributed by atoms with E-state index in [1.54, 1.807) is 27.7 Å². The highest BCUT2D eigenvalue weighted by molar-refractivity contribution is 5.93. The molecule has 0 aliphatic heterocycles. The second-order valence-electron chi connectivity index (χ2n) is 6.05. The Morgan fingerprint density at radius 2 is 2.16 bits per heavy atom. The number of primary amides is 1. The third kappa shape index (κ3) is 3.41. The molecule has 0 aromatic heterocycles. The number of rotatable bonds is 4. The highest BCUT2D eigenvalue weighted by atomic mass is 16.6. The van der Waals surface area contributed by atoms with Crippen molar-refractivity contribution in [3.8, 4) is 0 Å². The number of nitrogens with two attached hydrogens (primary N) is 1. The molecule has 106 valence electrons. The molecule has 1 amide bonds. The summed E-state index contributed by atoms with van der Waals surface area (Å²) < 4.78 is 0. The van der Waals surface area contributed by atoms with Gasteiger partial charge in [-0.1, -0.05) is 0 Å². The molecule has 0 aromatic rings. The van der Waals surface area contributed by atoms with Gasteiger partial charge in [0, 0.05) is 11.1 Å². The van der Waals surface area contributed by atoms with Crippen LogP contribution >= 0.6 is 0 Å². The summed E-state index contributed by atoms with van der Waals surface area (Å²) >= 11 is 0. The molecule has 6 heteroatoms. The number of amides is 1. The Morgan fingerprint density at radius 3 is 2.53 bits per heavy atom. The van der Waals surface area contributed by atoms with Gasteiger partial charge in [-0.3, -0.25) is 14.9 Å². The van der Waals surface area contributed by atoms with E-state index in [0.717, 1.165) is 0 Å². The van der Waals surface area contributed by atoms with Gasteiger partial charge in [-0.15, -0.1) is 0 Å². The van der Waals surface area contributed by atoms with Crippen LogP contribution in [0.15, 0.2) is 22.9 Å². The summed E-state index contributed by atoms with van der Waals surface area (Å²) in [5, 5.41) is 21.2. The molecule has 0 fully saturated rings. The Balaban J connectivity index is 3.35. The second-order valence-corrected chi connectivity index (χ2v) is 6.05. The first-order chi connectivity index (χ1) is 8.46. The standard InChI is InChI=1S/C13H20N2O4/c1-8-5-9(11(14)16)6-13(4,7-12(2,3)17)10(8)15(18)19/h5,17H,6-7H2,1-4H3,(H2,14,16). The van der Waals surface area contributed by atoms with E-state index in [0.29, 0.717) is 11.1 Å². The number of carbonyl (C=O) groups is 1. The summed E-state index contributed by atoms with van der Waals surface area (Å²) in [6, 6.07) is 0. The smallest absolute Gasteiger partial charge is 0.255 e. The molecule has 0 bridgehead atoms. The minimum Gasteiger partial charge on any atom is -0.390 e. The van der Waals surface area contributed by atoms with Crippen LogP contribution in [0.25, 0.3) is 0 Å². The molecule has 6 nitrogen and oxygen atoms in total. The summed E-state index contributed by atoms with van der Waals surface area (Å²) in [6.45, 7) is 6.45. The summed E-state index contributed by atoms with van der Waals surface area (Å²) in [6.07, 6.45) is 1.81. The van der Waals surface area contributed by atoms with Gasteiger partial charge in [0.15, 0.2) is 0 Å². The van der Waals surface area contributed by atoms with Crippen LogP contribution < -0.4 is 5.73 Å². The summed E-state index contributed by atoms with van der Waals surface area (Å²) in [7, 11) is 0. The molecule has 3 N–H and O–H groups in total. The Hall–Kier alpha value is -1.69. The molecule has 0 spiro atoms. The minimum atomic E-state index is -1.07. The van der Waals surface area contributed by atoms with Gasteiger partial charge in [-0.05, 0) is 46.6 Å². The fourth-order valence-corrected chi connectivity index (χ4v) is 2.98. The number of hydrogen-bond donors (Lipinski definition) is 2. The largest absolute Gasteiger partial charge is 0.390 e. The topological polar surface area (TPSA) is 106 Å². The lowest BCUT2D eigenvalue weighted by atomic mass is 9.69. The quantitative estimate of drug-likeness (QED) is 0.595. The maximum atomic E-state index is 11.3. The summed E-state index contributed by atoms with van der Waals surface area (Å²) in [5.41, 5.74) is 4.10. The lowest BCUT2D eigenvalue weighted by Gasteiger charge is -2.35. The van der Waals surface area contributed by atoms with Gasteiger partial charge < -0.3 is 10.8 Å². The van der Waals surface area contributed by atoms with Crippen molar-refractivity contribution in [3.63, 3.8) is 0 Å². The van der Waals surface area contributed by atoms with Gasteiger partial charge in [0.25, 0.3) is 5.70 Å². The van der Waals surface area contributed by atoms with E-state index < -0.39 is 21.8 Å². The molecule has 0 aromatic carbocycles. The van der Waals surface area contributed by atoms with Crippen molar-refractivity contribution < 1.29 is 14.8 Å². The van der Waals surface area contributed by atoms with Crippen molar-refractivity contribution in [1.82, 2.24) is 0 Å². The maximum Gasteiger partial charge on any atom is 0.255 e. The molecule has 0 saturated carbocycles. The van der Waals surface area contributed by atoms with Gasteiger partial charge >= 0.3 is 0 Å². The van der Waals surface area contributed by atoms with Crippen molar-refractivity contribution in [2.75, 3.05) is 0 Å². The monoisotopic (exact) mass is 268 g/mol. The predicted octanol–water partition coefficient (Wildman–Crippen LogP) is 1.52. The molecule has 0 heterocycles. The van der Waals surface area contributed by atoms with Gasteiger partial charge in [0.1, 0.15) is 0 Å². The van der Waals surface area contributed by atoms with Gasteiger partial charge in [-0.2, -0.15) is 0 Å². The van der Waals surface area contributed by atoms with E-state index >= 15 is 0 Å². The Kier molecular flexibility index (Phi) is 3.86. The molecule has 1 atom stereocenters. The van der Waals surface area contributed by atoms with Gasteiger partial charge in [-0.25, -0.2) is 0 Å². The third-order valence-electron chi connectivity index (χ3n) is 3.24. The van der Waals surface area contributed by atoms with Crippen LogP contribution in [0.5, 0.6) is 0 Å². The first kappa shape index (κ1) is 15.4. The van der Waals surface area contributed by atoms with Crippen LogP contribution in [0.4, 0.5) is 0 Å². The normalized spacial score (nSPS) is 24.2. The minimum absolute atomic E-state index is 0.0413. The van der Waals surface area contributed by atoms with Crippen molar-refractivity contribution in [2.24, 2.45) is 11.1 Å². The van der Waals surface area contributed by atoms with E-state index in [1.807, 2.05) is 0 Å². The Labute approximate surface area is 112 Å². The van der Waals surface area contributed by atoms with Crippen LogP contribution in [-0.2, 0) is 4.79 Å². The number of carbonyl (C=O) groups excluding carboxylic acids is 1. The molecule has 0 radical (unpaired) electrons. The molecule has 0 saturated heterocycles. The highest BCUT2D eigenvalue weighted by Gasteiger charge is 2.46. The van der Waals surface area contributed by atoms with E-state index in [-0.39, 0.29) is 18.5 Å². The molecular formula is C13H20N2O4. The Bertz CT molecular complexity index is 485. The van der Waals surface area contributed by atoms with Gasteiger partial charge in [0.05, 0.1) is 15.9 Å². The van der Waals surface area contributed by atoms with Gasteiger partial charge in [0.2, 0.25) is 5.91 Å². The van der Waals surface area contributed by atoms with Crippen LogP contribution in [0.1, 0.15) is 40.5 Å². The zero-order chi connectivity index (χ0) is 15.0. The van der Waals surface area contributed by atoms with Crippen LogP contribution in [-0.4, -0.2) is 21.5 Å².